The molecule has 1 heterocycles. The molecule has 1 aliphatic rings. The largest absolute Gasteiger partial charge is 0.493 e. The Balaban J connectivity index is 1.72. The maximum atomic E-state index is 8.66. The van der Waals surface area contributed by atoms with Crippen LogP contribution < -0.4 is 10.1 Å². The molecule has 1 aromatic carbocycles. The fourth-order valence-corrected chi connectivity index (χ4v) is 1.74. The molecule has 1 aromatic rings. The highest BCUT2D eigenvalue weighted by Crippen LogP contribution is 2.12. The van der Waals surface area contributed by atoms with E-state index in [1.807, 2.05) is 12.1 Å². The molecular formula is C13H16N2O2. The van der Waals surface area contributed by atoms with Crippen LogP contribution in [0.3, 0.4) is 0 Å². The molecule has 0 radical (unpaired) electrons. The second kappa shape index (κ2) is 6.24. The average Bonchev–Trinajstić information content (AvgIpc) is 2.41. The van der Waals surface area contributed by atoms with Crippen molar-refractivity contribution in [3.05, 3.63) is 29.8 Å². The lowest BCUT2D eigenvalue weighted by Gasteiger charge is -2.23. The summed E-state index contributed by atoms with van der Waals surface area (Å²) in [5.74, 6) is 0.799. The molecule has 4 nitrogen and oxygen atoms in total. The second-order valence-corrected chi connectivity index (χ2v) is 3.97. The summed E-state index contributed by atoms with van der Waals surface area (Å²) in [5, 5.41) is 11.9. The van der Waals surface area contributed by atoms with Crippen molar-refractivity contribution in [3.63, 3.8) is 0 Å². The third kappa shape index (κ3) is 3.74. The van der Waals surface area contributed by atoms with Crippen LogP contribution in [0, 0.1) is 11.3 Å². The molecule has 0 aromatic heterocycles. The molecule has 0 bridgehead atoms. The van der Waals surface area contributed by atoms with Crippen LogP contribution in [0.5, 0.6) is 5.75 Å². The molecule has 0 aliphatic carbocycles. The number of ether oxygens (including phenoxy) is 2. The molecule has 17 heavy (non-hydrogen) atoms. The van der Waals surface area contributed by atoms with Gasteiger partial charge in [-0.25, -0.2) is 0 Å². The van der Waals surface area contributed by atoms with Gasteiger partial charge >= 0.3 is 0 Å². The average molecular weight is 232 g/mol. The Bertz CT molecular complexity index is 377. The zero-order valence-electron chi connectivity index (χ0n) is 9.69. The van der Waals surface area contributed by atoms with E-state index in [9.17, 15) is 0 Å². The van der Waals surface area contributed by atoms with Crippen LogP contribution >= 0.6 is 0 Å². The predicted octanol–water partition coefficient (Wildman–Crippen LogP) is 1.32. The Kier molecular flexibility index (Phi) is 4.37. The monoisotopic (exact) mass is 232 g/mol. The molecule has 0 saturated carbocycles. The Morgan fingerprint density at radius 3 is 2.88 bits per heavy atom. The van der Waals surface area contributed by atoms with Gasteiger partial charge in [0.05, 0.1) is 31.0 Å². The highest BCUT2D eigenvalue weighted by Gasteiger charge is 2.12. The maximum absolute atomic E-state index is 8.66. The number of rotatable bonds is 4. The Morgan fingerprint density at radius 2 is 2.24 bits per heavy atom. The molecular weight excluding hydrogens is 216 g/mol. The van der Waals surface area contributed by atoms with Gasteiger partial charge in [0, 0.05) is 19.5 Å². The van der Waals surface area contributed by atoms with Gasteiger partial charge in [0.25, 0.3) is 0 Å². The van der Waals surface area contributed by atoms with Crippen molar-refractivity contribution < 1.29 is 9.47 Å². The first-order valence-electron chi connectivity index (χ1n) is 5.84. The summed E-state index contributed by atoms with van der Waals surface area (Å²) in [4.78, 5) is 0. The van der Waals surface area contributed by atoms with Gasteiger partial charge in [0.1, 0.15) is 5.75 Å². The fraction of sp³-hybridized carbons (Fsp3) is 0.462. The smallest absolute Gasteiger partial charge is 0.119 e. The van der Waals surface area contributed by atoms with Crippen molar-refractivity contribution in [1.29, 1.82) is 5.26 Å². The number of benzene rings is 1. The zero-order valence-corrected chi connectivity index (χ0v) is 9.69. The third-order valence-corrected chi connectivity index (χ3v) is 2.70. The summed E-state index contributed by atoms with van der Waals surface area (Å²) in [6, 6.07) is 9.23. The van der Waals surface area contributed by atoms with Gasteiger partial charge in [-0.1, -0.05) is 0 Å². The van der Waals surface area contributed by atoms with Gasteiger partial charge in [0.2, 0.25) is 0 Å². The van der Waals surface area contributed by atoms with Crippen molar-refractivity contribution in [1.82, 2.24) is 5.32 Å². The van der Waals surface area contributed by atoms with E-state index >= 15 is 0 Å². The first-order chi connectivity index (χ1) is 8.38. The van der Waals surface area contributed by atoms with Crippen LogP contribution in [0.15, 0.2) is 24.3 Å². The molecule has 1 atom stereocenters. The van der Waals surface area contributed by atoms with E-state index in [0.29, 0.717) is 12.2 Å². The molecule has 4 heteroatoms. The minimum atomic E-state index is 0.252. The molecule has 1 N–H and O–H groups in total. The molecule has 90 valence electrons. The third-order valence-electron chi connectivity index (χ3n) is 2.70. The fourth-order valence-electron chi connectivity index (χ4n) is 1.74. The maximum Gasteiger partial charge on any atom is 0.119 e. The normalized spacial score (nSPS) is 19.6. The molecule has 0 spiro atoms. The summed E-state index contributed by atoms with van der Waals surface area (Å²) >= 11 is 0. The van der Waals surface area contributed by atoms with Crippen LogP contribution in [-0.2, 0) is 4.74 Å². The van der Waals surface area contributed by atoms with Gasteiger partial charge in [-0.15, -0.1) is 0 Å². The van der Waals surface area contributed by atoms with Crippen molar-refractivity contribution >= 4 is 0 Å². The molecule has 1 aliphatic heterocycles. The molecule has 1 saturated heterocycles. The topological polar surface area (TPSA) is 54.3 Å². The minimum absolute atomic E-state index is 0.252. The minimum Gasteiger partial charge on any atom is -0.493 e. The van der Waals surface area contributed by atoms with E-state index in [4.69, 9.17) is 14.7 Å². The van der Waals surface area contributed by atoms with Gasteiger partial charge in [0.15, 0.2) is 0 Å². The first-order valence-corrected chi connectivity index (χ1v) is 5.84. The van der Waals surface area contributed by atoms with Crippen molar-refractivity contribution in [2.75, 3.05) is 26.3 Å². The summed E-state index contributed by atoms with van der Waals surface area (Å²) in [6.45, 7) is 3.25. The number of morpholine rings is 1. The SMILES string of the molecule is N#Cc1ccc(OCCC2CNCCO2)cc1. The van der Waals surface area contributed by atoms with Crippen LogP contribution in [0.2, 0.25) is 0 Å². The number of nitrogens with zero attached hydrogens (tertiary/aromatic N) is 1. The summed E-state index contributed by atoms with van der Waals surface area (Å²) in [5.41, 5.74) is 0.650. The molecule has 0 amide bonds. The van der Waals surface area contributed by atoms with Crippen LogP contribution in [0.1, 0.15) is 12.0 Å². The van der Waals surface area contributed by atoms with Gasteiger partial charge in [-0.2, -0.15) is 5.26 Å². The lowest BCUT2D eigenvalue weighted by Crippen LogP contribution is -2.39. The molecule has 1 fully saturated rings. The highest BCUT2D eigenvalue weighted by molar-refractivity contribution is 5.34. The number of nitrogens with one attached hydrogen (secondary N) is 1. The van der Waals surface area contributed by atoms with Crippen LogP contribution in [0.4, 0.5) is 0 Å². The summed E-state index contributed by atoms with van der Waals surface area (Å²) < 4.78 is 11.2. The van der Waals surface area contributed by atoms with Crippen molar-refractivity contribution in [3.8, 4) is 11.8 Å². The standard InChI is InChI=1S/C13H16N2O2/c14-9-11-1-3-12(4-2-11)16-7-5-13-10-15-6-8-17-13/h1-4,13,15H,5-8,10H2. The second-order valence-electron chi connectivity index (χ2n) is 3.97. The van der Waals surface area contributed by atoms with Crippen molar-refractivity contribution in [2.24, 2.45) is 0 Å². The van der Waals surface area contributed by atoms with E-state index in [-0.39, 0.29) is 6.10 Å². The molecule has 2 rings (SSSR count). The van der Waals surface area contributed by atoms with E-state index in [1.54, 1.807) is 12.1 Å². The van der Waals surface area contributed by atoms with Crippen LogP contribution in [-0.4, -0.2) is 32.4 Å². The predicted molar refractivity (Wildman–Crippen MR) is 63.9 cm³/mol. The quantitative estimate of drug-likeness (QED) is 0.850. The van der Waals surface area contributed by atoms with Gasteiger partial charge in [-0.05, 0) is 24.3 Å². The van der Waals surface area contributed by atoms with Crippen LogP contribution in [0.25, 0.3) is 0 Å². The lowest BCUT2D eigenvalue weighted by atomic mass is 10.2. The van der Waals surface area contributed by atoms with Gasteiger partial charge < -0.3 is 14.8 Å². The number of hydrogen-bond acceptors (Lipinski definition) is 4. The summed E-state index contributed by atoms with van der Waals surface area (Å²) in [7, 11) is 0. The van der Waals surface area contributed by atoms with Gasteiger partial charge in [-0.3, -0.25) is 0 Å². The summed E-state index contributed by atoms with van der Waals surface area (Å²) in [6.07, 6.45) is 1.13. The Hall–Kier alpha value is -1.57. The number of nitriles is 1. The first kappa shape index (κ1) is 11.9. The lowest BCUT2D eigenvalue weighted by molar-refractivity contribution is 0.0159. The molecule has 1 unspecified atom stereocenters. The Labute approximate surface area is 101 Å². The zero-order chi connectivity index (χ0) is 11.9. The Morgan fingerprint density at radius 1 is 1.41 bits per heavy atom. The van der Waals surface area contributed by atoms with E-state index in [2.05, 4.69) is 11.4 Å². The number of hydrogen-bond donors (Lipinski definition) is 1. The van der Waals surface area contributed by atoms with E-state index in [1.165, 1.54) is 0 Å². The van der Waals surface area contributed by atoms with E-state index < -0.39 is 0 Å². The van der Waals surface area contributed by atoms with E-state index in [0.717, 1.165) is 31.9 Å². The van der Waals surface area contributed by atoms with Crippen molar-refractivity contribution in [2.45, 2.75) is 12.5 Å². The highest BCUT2D eigenvalue weighted by atomic mass is 16.5.